The summed E-state index contributed by atoms with van der Waals surface area (Å²) in [4.78, 5) is 0. The molecule has 0 bridgehead atoms. The van der Waals surface area contributed by atoms with Gasteiger partial charge in [0, 0.05) is 11.4 Å². The minimum Gasteiger partial charge on any atom is -0.494 e. The zero-order valence-corrected chi connectivity index (χ0v) is 11.8. The molecule has 0 saturated carbocycles. The molecule has 1 heterocycles. The lowest BCUT2D eigenvalue weighted by molar-refractivity contribution is 0.294. The molecule has 0 spiro atoms. The number of aryl methyl sites for hydroxylation is 2. The SMILES string of the molecule is CCOc1ccc(OCCn2c(C)ccc2C)cc1. The Balaban J connectivity index is 1.85. The Kier molecular flexibility index (Phi) is 4.50. The molecule has 2 aromatic rings. The third kappa shape index (κ3) is 3.53. The van der Waals surface area contributed by atoms with E-state index in [9.17, 15) is 0 Å². The fourth-order valence-corrected chi connectivity index (χ4v) is 2.11. The maximum Gasteiger partial charge on any atom is 0.119 e. The minimum absolute atomic E-state index is 0.671. The molecule has 0 aliphatic heterocycles. The van der Waals surface area contributed by atoms with E-state index in [2.05, 4.69) is 30.5 Å². The van der Waals surface area contributed by atoms with Gasteiger partial charge in [0.1, 0.15) is 18.1 Å². The van der Waals surface area contributed by atoms with Crippen LogP contribution in [0.5, 0.6) is 11.5 Å². The molecule has 3 heteroatoms. The van der Waals surface area contributed by atoms with Gasteiger partial charge in [-0.3, -0.25) is 0 Å². The first kappa shape index (κ1) is 13.5. The van der Waals surface area contributed by atoms with Crippen molar-refractivity contribution in [2.24, 2.45) is 0 Å². The molecule has 0 aliphatic rings. The second-order valence-electron chi connectivity index (χ2n) is 4.52. The summed E-state index contributed by atoms with van der Waals surface area (Å²) < 4.78 is 13.4. The van der Waals surface area contributed by atoms with Gasteiger partial charge < -0.3 is 14.0 Å². The van der Waals surface area contributed by atoms with Gasteiger partial charge >= 0.3 is 0 Å². The Bertz CT molecular complexity index is 495. The van der Waals surface area contributed by atoms with Gasteiger partial charge in [0.05, 0.1) is 13.2 Å². The molecule has 0 saturated heterocycles. The van der Waals surface area contributed by atoms with E-state index >= 15 is 0 Å². The van der Waals surface area contributed by atoms with E-state index in [1.807, 2.05) is 31.2 Å². The van der Waals surface area contributed by atoms with Crippen LogP contribution in [0.4, 0.5) is 0 Å². The average Bonchev–Trinajstić information content (AvgIpc) is 2.73. The molecule has 0 amide bonds. The summed E-state index contributed by atoms with van der Waals surface area (Å²) in [5.74, 6) is 1.76. The molecule has 19 heavy (non-hydrogen) atoms. The number of hydrogen-bond acceptors (Lipinski definition) is 2. The van der Waals surface area contributed by atoms with E-state index in [0.717, 1.165) is 18.0 Å². The first-order valence-corrected chi connectivity index (χ1v) is 6.69. The second-order valence-corrected chi connectivity index (χ2v) is 4.52. The lowest BCUT2D eigenvalue weighted by Gasteiger charge is -2.11. The van der Waals surface area contributed by atoms with Crippen molar-refractivity contribution in [3.63, 3.8) is 0 Å². The number of rotatable bonds is 6. The molecule has 2 rings (SSSR count). The molecule has 1 aromatic carbocycles. The third-order valence-electron chi connectivity index (χ3n) is 3.14. The van der Waals surface area contributed by atoms with Crippen LogP contribution < -0.4 is 9.47 Å². The Hall–Kier alpha value is -1.90. The Morgan fingerprint density at radius 3 is 1.89 bits per heavy atom. The van der Waals surface area contributed by atoms with Crippen LogP contribution >= 0.6 is 0 Å². The van der Waals surface area contributed by atoms with E-state index in [4.69, 9.17) is 9.47 Å². The molecule has 0 fully saturated rings. The van der Waals surface area contributed by atoms with E-state index in [-0.39, 0.29) is 0 Å². The van der Waals surface area contributed by atoms with Crippen molar-refractivity contribution in [3.05, 3.63) is 47.8 Å². The molecule has 102 valence electrons. The summed E-state index contributed by atoms with van der Waals surface area (Å²) in [5, 5.41) is 0. The van der Waals surface area contributed by atoms with E-state index in [0.29, 0.717) is 13.2 Å². The monoisotopic (exact) mass is 259 g/mol. The highest BCUT2D eigenvalue weighted by atomic mass is 16.5. The summed E-state index contributed by atoms with van der Waals surface area (Å²) in [6.45, 7) is 8.44. The summed E-state index contributed by atoms with van der Waals surface area (Å²) in [5.41, 5.74) is 2.54. The quantitative estimate of drug-likeness (QED) is 0.791. The molecule has 0 unspecified atom stereocenters. The highest BCUT2D eigenvalue weighted by Gasteiger charge is 2.01. The standard InChI is InChI=1S/C16H21NO2/c1-4-18-15-7-9-16(10-8-15)19-12-11-17-13(2)5-6-14(17)3/h5-10H,4,11-12H2,1-3H3. The van der Waals surface area contributed by atoms with Gasteiger partial charge in [0.2, 0.25) is 0 Å². The topological polar surface area (TPSA) is 23.4 Å². The van der Waals surface area contributed by atoms with Crippen LogP contribution in [0.1, 0.15) is 18.3 Å². The van der Waals surface area contributed by atoms with Crippen LogP contribution in [0.3, 0.4) is 0 Å². The molecule has 0 aliphatic carbocycles. The molecular weight excluding hydrogens is 238 g/mol. The molecule has 0 atom stereocenters. The lowest BCUT2D eigenvalue weighted by atomic mass is 10.3. The maximum atomic E-state index is 5.75. The van der Waals surface area contributed by atoms with Gasteiger partial charge in [0.15, 0.2) is 0 Å². The highest BCUT2D eigenvalue weighted by Crippen LogP contribution is 2.17. The van der Waals surface area contributed by atoms with Crippen molar-refractivity contribution in [1.82, 2.24) is 4.57 Å². The summed E-state index contributed by atoms with van der Waals surface area (Å²) >= 11 is 0. The van der Waals surface area contributed by atoms with E-state index < -0.39 is 0 Å². The van der Waals surface area contributed by atoms with Crippen molar-refractivity contribution in [2.75, 3.05) is 13.2 Å². The van der Waals surface area contributed by atoms with Crippen LogP contribution in [0.25, 0.3) is 0 Å². The molecule has 0 N–H and O–H groups in total. The number of aromatic nitrogens is 1. The smallest absolute Gasteiger partial charge is 0.119 e. The van der Waals surface area contributed by atoms with E-state index in [1.54, 1.807) is 0 Å². The summed E-state index contributed by atoms with van der Waals surface area (Å²) in [6.07, 6.45) is 0. The number of benzene rings is 1. The Labute approximate surface area is 114 Å². The zero-order chi connectivity index (χ0) is 13.7. The largest absolute Gasteiger partial charge is 0.494 e. The van der Waals surface area contributed by atoms with E-state index in [1.165, 1.54) is 11.4 Å². The summed E-state index contributed by atoms with van der Waals surface area (Å²) in [6, 6.07) is 12.0. The van der Waals surface area contributed by atoms with Gasteiger partial charge in [0.25, 0.3) is 0 Å². The first-order valence-electron chi connectivity index (χ1n) is 6.69. The van der Waals surface area contributed by atoms with Crippen LogP contribution in [-0.4, -0.2) is 17.8 Å². The molecule has 1 aromatic heterocycles. The fourth-order valence-electron chi connectivity index (χ4n) is 2.11. The van der Waals surface area contributed by atoms with Gasteiger partial charge in [-0.2, -0.15) is 0 Å². The molecule has 3 nitrogen and oxygen atoms in total. The van der Waals surface area contributed by atoms with Gasteiger partial charge in [-0.25, -0.2) is 0 Å². The van der Waals surface area contributed by atoms with Crippen LogP contribution in [0, 0.1) is 13.8 Å². The van der Waals surface area contributed by atoms with Crippen molar-refractivity contribution < 1.29 is 9.47 Å². The van der Waals surface area contributed by atoms with Gasteiger partial charge in [-0.05, 0) is 57.2 Å². The average molecular weight is 259 g/mol. The van der Waals surface area contributed by atoms with Crippen molar-refractivity contribution >= 4 is 0 Å². The number of ether oxygens (including phenoxy) is 2. The highest BCUT2D eigenvalue weighted by molar-refractivity contribution is 5.31. The normalized spacial score (nSPS) is 10.5. The predicted molar refractivity (Wildman–Crippen MR) is 77.0 cm³/mol. The summed E-state index contributed by atoms with van der Waals surface area (Å²) in [7, 11) is 0. The lowest BCUT2D eigenvalue weighted by Crippen LogP contribution is -2.10. The van der Waals surface area contributed by atoms with Crippen LogP contribution in [-0.2, 0) is 6.54 Å². The van der Waals surface area contributed by atoms with Crippen molar-refractivity contribution in [1.29, 1.82) is 0 Å². The van der Waals surface area contributed by atoms with Gasteiger partial charge in [-0.15, -0.1) is 0 Å². The third-order valence-corrected chi connectivity index (χ3v) is 3.14. The molecule has 0 radical (unpaired) electrons. The van der Waals surface area contributed by atoms with Crippen LogP contribution in [0.15, 0.2) is 36.4 Å². The maximum absolute atomic E-state index is 5.75. The number of nitrogens with zero attached hydrogens (tertiary/aromatic N) is 1. The Morgan fingerprint density at radius 1 is 0.842 bits per heavy atom. The predicted octanol–water partition coefficient (Wildman–Crippen LogP) is 3.58. The first-order chi connectivity index (χ1) is 9.20. The van der Waals surface area contributed by atoms with Crippen molar-refractivity contribution in [3.8, 4) is 11.5 Å². The molecular formula is C16H21NO2. The van der Waals surface area contributed by atoms with Crippen LogP contribution in [0.2, 0.25) is 0 Å². The zero-order valence-electron chi connectivity index (χ0n) is 11.8. The second kappa shape index (κ2) is 6.32. The fraction of sp³-hybridized carbons (Fsp3) is 0.375. The van der Waals surface area contributed by atoms with Crippen molar-refractivity contribution in [2.45, 2.75) is 27.3 Å². The Morgan fingerprint density at radius 2 is 1.37 bits per heavy atom. The minimum atomic E-state index is 0.671. The number of hydrogen-bond donors (Lipinski definition) is 0. The van der Waals surface area contributed by atoms with Gasteiger partial charge in [-0.1, -0.05) is 0 Å².